The molecule has 0 aliphatic rings. The number of nitrogens with zero attached hydrogens (tertiary/aromatic N) is 2. The number of carbonyl (C=O) groups excluding carboxylic acids is 1. The van der Waals surface area contributed by atoms with Crippen LogP contribution in [0.2, 0.25) is 0 Å². The van der Waals surface area contributed by atoms with Gasteiger partial charge in [0.05, 0.1) is 17.6 Å². The third kappa shape index (κ3) is 3.84. The van der Waals surface area contributed by atoms with E-state index in [0.717, 1.165) is 16.9 Å². The molecule has 0 saturated heterocycles. The van der Waals surface area contributed by atoms with Gasteiger partial charge in [0.1, 0.15) is 11.9 Å². The molecule has 0 aliphatic heterocycles. The fourth-order valence-corrected chi connectivity index (χ4v) is 2.45. The molecule has 22 heavy (non-hydrogen) atoms. The predicted molar refractivity (Wildman–Crippen MR) is 86.6 cm³/mol. The van der Waals surface area contributed by atoms with Crippen LogP contribution in [-0.2, 0) is 16.0 Å². The Morgan fingerprint density at radius 2 is 2.27 bits per heavy atom. The number of benzene rings is 1. The highest BCUT2D eigenvalue weighted by Gasteiger charge is 2.19. The van der Waals surface area contributed by atoms with E-state index in [4.69, 9.17) is 10.5 Å². The van der Waals surface area contributed by atoms with Gasteiger partial charge in [0.2, 0.25) is 5.91 Å². The molecule has 0 spiro atoms. The quantitative estimate of drug-likeness (QED) is 0.806. The second kappa shape index (κ2) is 7.38. The molecule has 2 rings (SSSR count). The van der Waals surface area contributed by atoms with Gasteiger partial charge in [-0.3, -0.25) is 4.79 Å². The Morgan fingerprint density at radius 3 is 2.95 bits per heavy atom. The molecule has 1 heterocycles. The minimum Gasteiger partial charge on any atom is -0.383 e. The number of nitrogens with two attached hydrogens (primary N) is 1. The number of fused-ring (bicyclic) bond motifs is 1. The average molecular weight is 304 g/mol. The van der Waals surface area contributed by atoms with Gasteiger partial charge in [-0.1, -0.05) is 6.07 Å². The predicted octanol–water partition coefficient (Wildman–Crippen LogP) is 1.24. The fraction of sp³-hybridized carbons (Fsp3) is 0.500. The first-order valence-electron chi connectivity index (χ1n) is 7.53. The summed E-state index contributed by atoms with van der Waals surface area (Å²) in [7, 11) is 1.54. The van der Waals surface area contributed by atoms with Crippen molar-refractivity contribution >= 4 is 16.9 Å². The van der Waals surface area contributed by atoms with Gasteiger partial charge in [0.25, 0.3) is 0 Å². The van der Waals surface area contributed by atoms with Crippen molar-refractivity contribution in [3.8, 4) is 0 Å². The highest BCUT2D eigenvalue weighted by molar-refractivity contribution is 5.81. The minimum atomic E-state index is -0.608. The smallest absolute Gasteiger partial charge is 0.241 e. The largest absolute Gasteiger partial charge is 0.383 e. The Morgan fingerprint density at radius 1 is 1.50 bits per heavy atom. The lowest BCUT2D eigenvalue weighted by atomic mass is 10.2. The Kier molecular flexibility index (Phi) is 5.51. The number of methoxy groups -OCH3 is 1. The summed E-state index contributed by atoms with van der Waals surface area (Å²) in [5, 5.41) is 0. The van der Waals surface area contributed by atoms with Crippen molar-refractivity contribution in [1.29, 1.82) is 0 Å². The van der Waals surface area contributed by atoms with Crippen LogP contribution in [0, 0.1) is 6.92 Å². The number of amides is 1. The van der Waals surface area contributed by atoms with Gasteiger partial charge in [0.15, 0.2) is 0 Å². The summed E-state index contributed by atoms with van der Waals surface area (Å²) in [6, 6.07) is 5.51. The average Bonchev–Trinajstić information content (AvgIpc) is 2.89. The first-order valence-corrected chi connectivity index (χ1v) is 7.53. The van der Waals surface area contributed by atoms with Crippen molar-refractivity contribution in [3.05, 3.63) is 29.6 Å². The third-order valence-corrected chi connectivity index (χ3v) is 3.66. The van der Waals surface area contributed by atoms with E-state index in [1.807, 2.05) is 19.1 Å². The molecule has 0 radical (unpaired) electrons. The molecule has 2 aromatic rings. The van der Waals surface area contributed by atoms with Gasteiger partial charge in [-0.15, -0.1) is 0 Å². The maximum absolute atomic E-state index is 12.2. The summed E-state index contributed by atoms with van der Waals surface area (Å²) in [6.45, 7) is 5.44. The normalized spacial score (nSPS) is 12.5. The molecule has 0 bridgehead atoms. The number of H-pyrrole nitrogens is 1. The number of carbonyl (C=O) groups is 1. The van der Waals surface area contributed by atoms with Gasteiger partial charge in [-0.05, 0) is 31.5 Å². The number of aryl methyl sites for hydroxylation is 1. The number of aromatic amines is 1. The van der Waals surface area contributed by atoms with Crippen LogP contribution in [0.4, 0.5) is 0 Å². The number of ether oxygens (including phenoxy) is 1. The van der Waals surface area contributed by atoms with Gasteiger partial charge in [-0.2, -0.15) is 0 Å². The molecule has 0 unspecified atom stereocenters. The molecule has 3 N–H and O–H groups in total. The summed E-state index contributed by atoms with van der Waals surface area (Å²) >= 11 is 0. The van der Waals surface area contributed by atoms with E-state index in [1.165, 1.54) is 5.56 Å². The summed E-state index contributed by atoms with van der Waals surface area (Å²) < 4.78 is 4.94. The van der Waals surface area contributed by atoms with Gasteiger partial charge < -0.3 is 20.4 Å². The van der Waals surface area contributed by atoms with Crippen LogP contribution < -0.4 is 5.73 Å². The highest BCUT2D eigenvalue weighted by atomic mass is 16.5. The molecule has 0 aliphatic carbocycles. The Labute approximate surface area is 130 Å². The molecule has 6 nitrogen and oxygen atoms in total. The van der Waals surface area contributed by atoms with E-state index >= 15 is 0 Å². The van der Waals surface area contributed by atoms with Gasteiger partial charge in [0, 0.05) is 26.6 Å². The minimum absolute atomic E-state index is 0.0868. The fourth-order valence-electron chi connectivity index (χ4n) is 2.45. The second-order valence-corrected chi connectivity index (χ2v) is 5.43. The molecule has 6 heteroatoms. The number of rotatable bonds is 7. The molecule has 1 atom stereocenters. The molecule has 1 aromatic carbocycles. The van der Waals surface area contributed by atoms with E-state index in [9.17, 15) is 4.79 Å². The lowest BCUT2D eigenvalue weighted by Gasteiger charge is -2.23. The van der Waals surface area contributed by atoms with Crippen LogP contribution in [0.25, 0.3) is 11.0 Å². The zero-order chi connectivity index (χ0) is 16.1. The van der Waals surface area contributed by atoms with Crippen LogP contribution in [0.1, 0.15) is 18.3 Å². The van der Waals surface area contributed by atoms with Crippen molar-refractivity contribution in [3.63, 3.8) is 0 Å². The van der Waals surface area contributed by atoms with E-state index in [2.05, 4.69) is 23.0 Å². The molecule has 0 saturated carbocycles. The topological polar surface area (TPSA) is 84.2 Å². The highest BCUT2D eigenvalue weighted by Crippen LogP contribution is 2.13. The van der Waals surface area contributed by atoms with Crippen molar-refractivity contribution in [1.82, 2.24) is 14.9 Å². The summed E-state index contributed by atoms with van der Waals surface area (Å²) in [4.78, 5) is 21.8. The van der Waals surface area contributed by atoms with Crippen molar-refractivity contribution in [2.75, 3.05) is 26.8 Å². The number of nitrogens with one attached hydrogen (secondary N) is 1. The first kappa shape index (κ1) is 16.5. The van der Waals surface area contributed by atoms with Gasteiger partial charge in [-0.25, -0.2) is 4.98 Å². The number of imidazole rings is 1. The monoisotopic (exact) mass is 304 g/mol. The SMILES string of the molecule is CCN(CCc1nc2ccc(C)cc2[nH]1)C(=O)[C@@H](N)COC. The lowest BCUT2D eigenvalue weighted by molar-refractivity contribution is -0.133. The molecule has 1 amide bonds. The maximum atomic E-state index is 12.2. The van der Waals surface area contributed by atoms with Crippen molar-refractivity contribution < 1.29 is 9.53 Å². The van der Waals surface area contributed by atoms with E-state index in [0.29, 0.717) is 19.5 Å². The molecule has 120 valence electrons. The van der Waals surface area contributed by atoms with Crippen LogP contribution in [0.15, 0.2) is 18.2 Å². The first-order chi connectivity index (χ1) is 10.5. The van der Waals surface area contributed by atoms with E-state index in [1.54, 1.807) is 12.0 Å². The third-order valence-electron chi connectivity index (χ3n) is 3.66. The lowest BCUT2D eigenvalue weighted by Crippen LogP contribution is -2.46. The molecule has 1 aromatic heterocycles. The zero-order valence-electron chi connectivity index (χ0n) is 13.4. The van der Waals surface area contributed by atoms with Gasteiger partial charge >= 0.3 is 0 Å². The Balaban J connectivity index is 2.01. The zero-order valence-corrected chi connectivity index (χ0v) is 13.4. The second-order valence-electron chi connectivity index (χ2n) is 5.43. The van der Waals surface area contributed by atoms with Crippen LogP contribution >= 0.6 is 0 Å². The standard InChI is InChI=1S/C16H24N4O2/c1-4-20(16(21)12(17)10-22-3)8-7-15-18-13-6-5-11(2)9-14(13)19-15/h5-6,9,12H,4,7-8,10,17H2,1-3H3,(H,18,19)/t12-/m0/s1. The maximum Gasteiger partial charge on any atom is 0.241 e. The Hall–Kier alpha value is -1.92. The Bertz CT molecular complexity index is 638. The van der Waals surface area contributed by atoms with Crippen LogP contribution in [-0.4, -0.2) is 53.6 Å². The van der Waals surface area contributed by atoms with Crippen LogP contribution in [0.5, 0.6) is 0 Å². The van der Waals surface area contributed by atoms with E-state index in [-0.39, 0.29) is 12.5 Å². The molecule has 0 fully saturated rings. The number of likely N-dealkylation sites (N-methyl/N-ethyl adjacent to an activating group) is 1. The molecular weight excluding hydrogens is 280 g/mol. The van der Waals surface area contributed by atoms with Crippen molar-refractivity contribution in [2.45, 2.75) is 26.3 Å². The number of hydrogen-bond donors (Lipinski definition) is 2. The number of aromatic nitrogens is 2. The summed E-state index contributed by atoms with van der Waals surface area (Å²) in [6.07, 6.45) is 0.674. The number of hydrogen-bond acceptors (Lipinski definition) is 4. The summed E-state index contributed by atoms with van der Waals surface area (Å²) in [5.41, 5.74) is 8.98. The van der Waals surface area contributed by atoms with E-state index < -0.39 is 6.04 Å². The van der Waals surface area contributed by atoms with Crippen LogP contribution in [0.3, 0.4) is 0 Å². The summed E-state index contributed by atoms with van der Waals surface area (Å²) in [5.74, 6) is 0.795. The van der Waals surface area contributed by atoms with Crippen molar-refractivity contribution in [2.24, 2.45) is 5.73 Å². The molecular formula is C16H24N4O2.